The second kappa shape index (κ2) is 6.74. The highest BCUT2D eigenvalue weighted by Crippen LogP contribution is 2.33. The van der Waals surface area contributed by atoms with Crippen LogP contribution in [0.5, 0.6) is 11.5 Å². The number of hydrogen-bond donors (Lipinski definition) is 1. The molecule has 2 N–H and O–H groups in total. The normalized spacial score (nSPS) is 16.9. The maximum atomic E-state index is 13.0. The summed E-state index contributed by atoms with van der Waals surface area (Å²) in [6.07, 6.45) is 1.77. The van der Waals surface area contributed by atoms with Crippen LogP contribution in [0.15, 0.2) is 30.3 Å². The molecular weight excluding hydrogens is 308 g/mol. The number of ether oxygens (including phenoxy) is 2. The molecule has 7 nitrogen and oxygen atoms in total. The number of anilines is 1. The number of rotatable bonds is 4. The van der Waals surface area contributed by atoms with Gasteiger partial charge >= 0.3 is 0 Å². The van der Waals surface area contributed by atoms with Gasteiger partial charge in [0.25, 0.3) is 5.91 Å². The summed E-state index contributed by atoms with van der Waals surface area (Å²) in [7, 11) is 3.12. The summed E-state index contributed by atoms with van der Waals surface area (Å²) >= 11 is 0. The van der Waals surface area contributed by atoms with Crippen molar-refractivity contribution < 1.29 is 14.3 Å². The summed E-state index contributed by atoms with van der Waals surface area (Å²) in [6, 6.07) is 8.61. The van der Waals surface area contributed by atoms with Crippen molar-refractivity contribution in [2.45, 2.75) is 18.9 Å². The number of carbonyl (C=O) groups excluding carboxylic acids is 1. The monoisotopic (exact) mass is 328 g/mol. The number of nitrogens with two attached hydrogens (primary N) is 1. The van der Waals surface area contributed by atoms with Crippen molar-refractivity contribution in [1.82, 2.24) is 15.1 Å². The Morgan fingerprint density at radius 1 is 1.17 bits per heavy atom. The number of benzene rings is 1. The third kappa shape index (κ3) is 3.10. The van der Waals surface area contributed by atoms with Crippen LogP contribution in [-0.4, -0.2) is 41.8 Å². The van der Waals surface area contributed by atoms with Crippen LogP contribution >= 0.6 is 0 Å². The van der Waals surface area contributed by atoms with E-state index in [9.17, 15) is 4.79 Å². The Kier molecular flexibility index (Phi) is 4.50. The van der Waals surface area contributed by atoms with E-state index in [-0.39, 0.29) is 11.9 Å². The van der Waals surface area contributed by atoms with E-state index in [2.05, 4.69) is 10.2 Å². The molecule has 126 valence electrons. The SMILES string of the molecule is COc1cc(OC)cc(C(=O)N2CCCC2c2ccc(N)nn2)c1. The first-order valence-corrected chi connectivity index (χ1v) is 7.75. The first-order chi connectivity index (χ1) is 11.6. The van der Waals surface area contributed by atoms with Gasteiger partial charge in [0, 0.05) is 18.2 Å². The lowest BCUT2D eigenvalue weighted by Gasteiger charge is -2.24. The summed E-state index contributed by atoms with van der Waals surface area (Å²) in [5.74, 6) is 1.46. The minimum atomic E-state index is -0.0946. The van der Waals surface area contributed by atoms with E-state index in [1.807, 2.05) is 11.0 Å². The van der Waals surface area contributed by atoms with Crippen LogP contribution < -0.4 is 15.2 Å². The van der Waals surface area contributed by atoms with E-state index in [1.165, 1.54) is 0 Å². The molecule has 0 bridgehead atoms. The third-order valence-corrected chi connectivity index (χ3v) is 4.16. The van der Waals surface area contributed by atoms with Gasteiger partial charge in [0.2, 0.25) is 0 Å². The Labute approximate surface area is 140 Å². The van der Waals surface area contributed by atoms with E-state index >= 15 is 0 Å². The van der Waals surface area contributed by atoms with E-state index < -0.39 is 0 Å². The number of nitrogen functional groups attached to an aromatic ring is 1. The molecule has 1 aromatic heterocycles. The Bertz CT molecular complexity index is 711. The summed E-state index contributed by atoms with van der Waals surface area (Å²) < 4.78 is 10.5. The van der Waals surface area contributed by atoms with Gasteiger partial charge in [-0.05, 0) is 37.1 Å². The fourth-order valence-electron chi connectivity index (χ4n) is 2.94. The van der Waals surface area contributed by atoms with Crippen molar-refractivity contribution in [3.05, 3.63) is 41.6 Å². The van der Waals surface area contributed by atoms with Crippen molar-refractivity contribution in [2.24, 2.45) is 0 Å². The molecule has 7 heteroatoms. The molecule has 1 aliphatic heterocycles. The van der Waals surface area contributed by atoms with Gasteiger partial charge in [0.15, 0.2) is 0 Å². The summed E-state index contributed by atoms with van der Waals surface area (Å²) in [5, 5.41) is 8.03. The molecule has 0 aliphatic carbocycles. The van der Waals surface area contributed by atoms with Gasteiger partial charge in [-0.15, -0.1) is 5.10 Å². The number of aromatic nitrogens is 2. The van der Waals surface area contributed by atoms with Crippen molar-refractivity contribution in [2.75, 3.05) is 26.5 Å². The van der Waals surface area contributed by atoms with Crippen LogP contribution in [0.25, 0.3) is 0 Å². The van der Waals surface area contributed by atoms with E-state index in [1.54, 1.807) is 38.5 Å². The Balaban J connectivity index is 1.89. The molecule has 1 saturated heterocycles. The molecular formula is C17H20N4O3. The standard InChI is InChI=1S/C17H20N4O3/c1-23-12-8-11(9-13(10-12)24-2)17(22)21-7-3-4-15(21)14-5-6-16(18)20-19-14/h5-6,8-10,15H,3-4,7H2,1-2H3,(H2,18,20). The first kappa shape index (κ1) is 16.0. The minimum Gasteiger partial charge on any atom is -0.497 e. The number of nitrogens with zero attached hydrogens (tertiary/aromatic N) is 3. The van der Waals surface area contributed by atoms with Crippen LogP contribution in [0.4, 0.5) is 5.82 Å². The van der Waals surface area contributed by atoms with Crippen LogP contribution in [0, 0.1) is 0 Å². The smallest absolute Gasteiger partial charge is 0.254 e. The molecule has 1 aliphatic rings. The van der Waals surface area contributed by atoms with E-state index in [0.29, 0.717) is 29.4 Å². The van der Waals surface area contributed by atoms with Gasteiger partial charge in [-0.25, -0.2) is 0 Å². The summed E-state index contributed by atoms with van der Waals surface area (Å²) in [4.78, 5) is 14.8. The fourth-order valence-corrected chi connectivity index (χ4v) is 2.94. The zero-order valence-electron chi connectivity index (χ0n) is 13.7. The summed E-state index contributed by atoms with van der Waals surface area (Å²) in [6.45, 7) is 0.676. The predicted octanol–water partition coefficient (Wildman–Crippen LogP) is 2.05. The largest absolute Gasteiger partial charge is 0.497 e. The molecule has 3 rings (SSSR count). The van der Waals surface area contributed by atoms with Crippen molar-refractivity contribution >= 4 is 11.7 Å². The van der Waals surface area contributed by atoms with Gasteiger partial charge in [-0.2, -0.15) is 5.10 Å². The van der Waals surface area contributed by atoms with Crippen LogP contribution in [0.2, 0.25) is 0 Å². The summed E-state index contributed by atoms with van der Waals surface area (Å²) in [5.41, 5.74) is 6.88. The van der Waals surface area contributed by atoms with Gasteiger partial charge in [-0.1, -0.05) is 0 Å². The number of methoxy groups -OCH3 is 2. The molecule has 2 heterocycles. The number of hydrogen-bond acceptors (Lipinski definition) is 6. The second-order valence-electron chi connectivity index (χ2n) is 5.64. The Morgan fingerprint density at radius 2 is 1.88 bits per heavy atom. The maximum Gasteiger partial charge on any atom is 0.254 e. The zero-order valence-corrected chi connectivity index (χ0v) is 13.7. The Hall–Kier alpha value is -2.83. The number of amides is 1. The first-order valence-electron chi connectivity index (χ1n) is 7.75. The highest BCUT2D eigenvalue weighted by Gasteiger charge is 2.32. The fraction of sp³-hybridized carbons (Fsp3) is 0.353. The average molecular weight is 328 g/mol. The lowest BCUT2D eigenvalue weighted by Crippen LogP contribution is -2.31. The molecule has 24 heavy (non-hydrogen) atoms. The van der Waals surface area contributed by atoms with Crippen LogP contribution in [0.3, 0.4) is 0 Å². The average Bonchev–Trinajstić information content (AvgIpc) is 3.10. The van der Waals surface area contributed by atoms with Crippen molar-refractivity contribution in [3.8, 4) is 11.5 Å². The lowest BCUT2D eigenvalue weighted by atomic mass is 10.1. The zero-order chi connectivity index (χ0) is 17.1. The van der Waals surface area contributed by atoms with Gasteiger partial charge in [0.05, 0.1) is 26.0 Å². The van der Waals surface area contributed by atoms with E-state index in [0.717, 1.165) is 18.5 Å². The van der Waals surface area contributed by atoms with Crippen LogP contribution in [0.1, 0.15) is 34.9 Å². The molecule has 1 unspecified atom stereocenters. The molecule has 1 atom stereocenters. The topological polar surface area (TPSA) is 90.6 Å². The molecule has 0 saturated carbocycles. The molecule has 1 aromatic carbocycles. The third-order valence-electron chi connectivity index (χ3n) is 4.16. The number of likely N-dealkylation sites (tertiary alicyclic amines) is 1. The highest BCUT2D eigenvalue weighted by molar-refractivity contribution is 5.95. The molecule has 1 fully saturated rings. The lowest BCUT2D eigenvalue weighted by molar-refractivity contribution is 0.0731. The minimum absolute atomic E-state index is 0.0756. The molecule has 0 radical (unpaired) electrons. The molecule has 1 amide bonds. The van der Waals surface area contributed by atoms with Crippen molar-refractivity contribution in [3.63, 3.8) is 0 Å². The maximum absolute atomic E-state index is 13.0. The predicted molar refractivity (Wildman–Crippen MR) is 89.0 cm³/mol. The van der Waals surface area contributed by atoms with Crippen LogP contribution in [-0.2, 0) is 0 Å². The Morgan fingerprint density at radius 3 is 2.46 bits per heavy atom. The molecule has 2 aromatic rings. The van der Waals surface area contributed by atoms with Crippen molar-refractivity contribution in [1.29, 1.82) is 0 Å². The molecule has 0 spiro atoms. The van der Waals surface area contributed by atoms with Gasteiger partial charge in [-0.3, -0.25) is 4.79 Å². The van der Waals surface area contributed by atoms with E-state index in [4.69, 9.17) is 15.2 Å². The number of carbonyl (C=O) groups is 1. The second-order valence-corrected chi connectivity index (χ2v) is 5.64. The quantitative estimate of drug-likeness (QED) is 0.924. The van der Waals surface area contributed by atoms with Gasteiger partial charge < -0.3 is 20.1 Å². The van der Waals surface area contributed by atoms with Gasteiger partial charge in [0.1, 0.15) is 17.3 Å². The highest BCUT2D eigenvalue weighted by atomic mass is 16.5.